The molecule has 0 bridgehead atoms. The van der Waals surface area contributed by atoms with E-state index in [9.17, 15) is 15.3 Å². The average Bonchev–Trinajstić information content (AvgIpc) is 3.33. The molecular weight excluding hydrogens is 392 g/mol. The van der Waals surface area contributed by atoms with Gasteiger partial charge in [-0.15, -0.1) is 0 Å². The number of hydrogen-bond acceptors (Lipinski definition) is 5. The van der Waals surface area contributed by atoms with Crippen molar-refractivity contribution in [1.29, 1.82) is 0 Å². The van der Waals surface area contributed by atoms with Crippen molar-refractivity contribution >= 4 is 21.8 Å². The highest BCUT2D eigenvalue weighted by molar-refractivity contribution is 6.08. The van der Waals surface area contributed by atoms with Crippen molar-refractivity contribution in [3.05, 3.63) is 41.7 Å². The Balaban J connectivity index is 1.89. The van der Waals surface area contributed by atoms with Crippen LogP contribution in [-0.2, 0) is 12.8 Å². The predicted octanol–water partition coefficient (Wildman–Crippen LogP) is 3.64. The second-order valence-electron chi connectivity index (χ2n) is 8.66. The molecule has 7 nitrogen and oxygen atoms in total. The molecule has 2 aromatic carbocycles. The summed E-state index contributed by atoms with van der Waals surface area (Å²) in [7, 11) is 8.05. The summed E-state index contributed by atoms with van der Waals surface area (Å²) in [4.78, 5) is 10.8. The molecule has 0 amide bonds. The number of nitrogens with zero attached hydrogens (tertiary/aromatic N) is 2. The Morgan fingerprint density at radius 1 is 0.710 bits per heavy atom. The maximum absolute atomic E-state index is 10.6. The molecule has 0 aliphatic carbocycles. The van der Waals surface area contributed by atoms with Crippen LogP contribution in [0.3, 0.4) is 0 Å². The summed E-state index contributed by atoms with van der Waals surface area (Å²) in [6, 6.07) is 5.11. The molecule has 31 heavy (non-hydrogen) atoms. The van der Waals surface area contributed by atoms with Crippen LogP contribution in [0.15, 0.2) is 30.6 Å². The number of nitrogens with one attached hydrogen (secondary N) is 2. The lowest BCUT2D eigenvalue weighted by atomic mass is 9.96. The van der Waals surface area contributed by atoms with Crippen molar-refractivity contribution in [2.75, 3.05) is 41.3 Å². The Hall–Kier alpha value is -3.16. The van der Waals surface area contributed by atoms with E-state index in [1.807, 2.05) is 46.7 Å². The van der Waals surface area contributed by atoms with E-state index < -0.39 is 0 Å². The van der Waals surface area contributed by atoms with Crippen molar-refractivity contribution in [2.45, 2.75) is 12.8 Å². The SMILES string of the molecule is CN(C)CCc1c[nH]c2c(-c3cc(O)c(O)c4c(CCN(C)C)c[nH]c34)ccc(O)c12. The standard InChI is InChI=1S/C24H30N4O3/c1-27(2)9-7-14-12-25-22-16(5-6-18(29)20(14)22)17-11-19(30)24(31)21-15(8-10-28(3)4)13-26-23(17)21/h5-6,11-13,25-26,29-31H,7-10H2,1-4H3. The summed E-state index contributed by atoms with van der Waals surface area (Å²) >= 11 is 0. The predicted molar refractivity (Wildman–Crippen MR) is 125 cm³/mol. The summed E-state index contributed by atoms with van der Waals surface area (Å²) in [6.45, 7) is 1.69. The number of hydrogen-bond donors (Lipinski definition) is 5. The van der Waals surface area contributed by atoms with Gasteiger partial charge in [0.1, 0.15) is 5.75 Å². The molecule has 4 aromatic rings. The van der Waals surface area contributed by atoms with Crippen molar-refractivity contribution in [1.82, 2.24) is 19.8 Å². The van der Waals surface area contributed by atoms with Gasteiger partial charge < -0.3 is 35.1 Å². The summed E-state index contributed by atoms with van der Waals surface area (Å²) in [6.07, 6.45) is 5.38. The smallest absolute Gasteiger partial charge is 0.167 e. The average molecular weight is 423 g/mol. The number of H-pyrrole nitrogens is 2. The van der Waals surface area contributed by atoms with Crippen LogP contribution in [-0.4, -0.2) is 76.4 Å². The van der Waals surface area contributed by atoms with Crippen LogP contribution in [0.5, 0.6) is 17.2 Å². The fourth-order valence-electron chi connectivity index (χ4n) is 4.17. The van der Waals surface area contributed by atoms with Gasteiger partial charge in [0.15, 0.2) is 11.5 Å². The molecule has 0 spiro atoms. The molecule has 0 atom stereocenters. The monoisotopic (exact) mass is 422 g/mol. The number of likely N-dealkylation sites (N-methyl/N-ethyl adjacent to an activating group) is 2. The van der Waals surface area contributed by atoms with E-state index in [1.54, 1.807) is 12.1 Å². The van der Waals surface area contributed by atoms with Gasteiger partial charge in [0.05, 0.1) is 11.0 Å². The quantitative estimate of drug-likeness (QED) is 0.293. The lowest BCUT2D eigenvalue weighted by Gasteiger charge is -2.12. The zero-order valence-electron chi connectivity index (χ0n) is 18.5. The molecule has 0 radical (unpaired) electrons. The highest BCUT2D eigenvalue weighted by Gasteiger charge is 2.20. The van der Waals surface area contributed by atoms with Crippen molar-refractivity contribution in [3.8, 4) is 28.4 Å². The number of aromatic nitrogens is 2. The zero-order chi connectivity index (χ0) is 22.3. The Labute approximate surface area is 181 Å². The van der Waals surface area contributed by atoms with Crippen LogP contribution in [0.2, 0.25) is 0 Å². The molecule has 0 fully saturated rings. The van der Waals surface area contributed by atoms with Crippen molar-refractivity contribution in [2.24, 2.45) is 0 Å². The third-order valence-electron chi connectivity index (χ3n) is 5.83. The Morgan fingerprint density at radius 2 is 1.26 bits per heavy atom. The summed E-state index contributed by atoms with van der Waals surface area (Å²) in [5, 5.41) is 33.1. The van der Waals surface area contributed by atoms with Gasteiger partial charge in [-0.1, -0.05) is 0 Å². The second kappa shape index (κ2) is 8.17. The van der Waals surface area contributed by atoms with Crippen molar-refractivity contribution in [3.63, 3.8) is 0 Å². The minimum atomic E-state index is -0.159. The van der Waals surface area contributed by atoms with Crippen LogP contribution in [0, 0.1) is 0 Å². The van der Waals surface area contributed by atoms with E-state index in [1.165, 1.54) is 0 Å². The second-order valence-corrected chi connectivity index (χ2v) is 8.66. The van der Waals surface area contributed by atoms with Crippen molar-refractivity contribution < 1.29 is 15.3 Å². The van der Waals surface area contributed by atoms with Gasteiger partial charge >= 0.3 is 0 Å². The molecule has 0 saturated heterocycles. The minimum Gasteiger partial charge on any atom is -0.507 e. The maximum atomic E-state index is 10.6. The van der Waals surface area contributed by atoms with Crippen LogP contribution < -0.4 is 0 Å². The first kappa shape index (κ1) is 21.1. The molecule has 164 valence electrons. The maximum Gasteiger partial charge on any atom is 0.167 e. The van der Waals surface area contributed by atoms with Crippen LogP contribution in [0.4, 0.5) is 0 Å². The first-order valence-electron chi connectivity index (χ1n) is 10.4. The minimum absolute atomic E-state index is 0.109. The lowest BCUT2D eigenvalue weighted by Crippen LogP contribution is -2.14. The fourth-order valence-corrected chi connectivity index (χ4v) is 4.17. The largest absolute Gasteiger partial charge is 0.507 e. The number of benzene rings is 2. The number of phenolic OH excluding ortho intramolecular Hbond substituents is 3. The molecular formula is C24H30N4O3. The van der Waals surface area contributed by atoms with E-state index in [0.717, 1.165) is 64.6 Å². The molecule has 5 N–H and O–H groups in total. The first-order valence-corrected chi connectivity index (χ1v) is 10.4. The molecule has 0 aliphatic rings. The molecule has 0 unspecified atom stereocenters. The highest BCUT2D eigenvalue weighted by atomic mass is 16.3. The summed E-state index contributed by atoms with van der Waals surface area (Å²) < 4.78 is 0. The number of rotatable bonds is 7. The third-order valence-corrected chi connectivity index (χ3v) is 5.83. The summed E-state index contributed by atoms with van der Waals surface area (Å²) in [5.41, 5.74) is 5.19. The number of aromatic hydroxyl groups is 3. The summed E-state index contributed by atoms with van der Waals surface area (Å²) in [5.74, 6) is -0.0399. The van der Waals surface area contributed by atoms with E-state index in [2.05, 4.69) is 19.8 Å². The molecule has 2 heterocycles. The Morgan fingerprint density at radius 3 is 1.84 bits per heavy atom. The normalized spacial score (nSPS) is 12.1. The van der Waals surface area contributed by atoms with Gasteiger partial charge in [0.25, 0.3) is 0 Å². The van der Waals surface area contributed by atoms with Gasteiger partial charge in [-0.25, -0.2) is 0 Å². The van der Waals surface area contributed by atoms with E-state index in [0.29, 0.717) is 5.39 Å². The fraction of sp³-hybridized carbons (Fsp3) is 0.333. The van der Waals surface area contributed by atoms with Gasteiger partial charge in [0, 0.05) is 47.4 Å². The van der Waals surface area contributed by atoms with Gasteiger partial charge in [0.2, 0.25) is 0 Å². The van der Waals surface area contributed by atoms with Gasteiger partial charge in [-0.2, -0.15) is 0 Å². The first-order chi connectivity index (χ1) is 14.8. The topological polar surface area (TPSA) is 98.8 Å². The molecule has 7 heteroatoms. The van der Waals surface area contributed by atoms with Crippen LogP contribution in [0.1, 0.15) is 11.1 Å². The molecule has 4 rings (SSSR count). The zero-order valence-corrected chi connectivity index (χ0v) is 18.5. The third kappa shape index (κ3) is 3.82. The Bertz CT molecular complexity index is 1240. The number of aromatic amines is 2. The van der Waals surface area contributed by atoms with E-state index in [-0.39, 0.29) is 17.2 Å². The number of phenols is 3. The van der Waals surface area contributed by atoms with Crippen LogP contribution >= 0.6 is 0 Å². The molecule has 0 saturated carbocycles. The van der Waals surface area contributed by atoms with E-state index in [4.69, 9.17) is 0 Å². The van der Waals surface area contributed by atoms with Gasteiger partial charge in [-0.3, -0.25) is 0 Å². The Kier molecular flexibility index (Phi) is 5.56. The molecule has 2 aromatic heterocycles. The van der Waals surface area contributed by atoms with Crippen LogP contribution in [0.25, 0.3) is 32.9 Å². The molecule has 0 aliphatic heterocycles. The number of fused-ring (bicyclic) bond motifs is 2. The van der Waals surface area contributed by atoms with E-state index >= 15 is 0 Å². The highest BCUT2D eigenvalue weighted by Crippen LogP contribution is 2.44. The van der Waals surface area contributed by atoms with Gasteiger partial charge in [-0.05, 0) is 70.4 Å². The lowest BCUT2D eigenvalue weighted by molar-refractivity contribution is 0.406.